The zero-order valence-corrected chi connectivity index (χ0v) is 15.0. The van der Waals surface area contributed by atoms with Crippen LogP contribution in [0.4, 0.5) is 0 Å². The summed E-state index contributed by atoms with van der Waals surface area (Å²) >= 11 is 18.3. The van der Waals surface area contributed by atoms with Gasteiger partial charge in [0.2, 0.25) is 0 Å². The number of allylic oxidation sites excluding steroid dienone is 2. The standard InChI is InChI=1S/C15H11Cl2NO3S2/c1-8(13-14(20)18-15(22)23-13)2-3-9-6-10(16)7-11(17)12(9)21-5-4-19/h2-4,6-7H,5H2,1H3,(H,18,20,22). The van der Waals surface area contributed by atoms with Gasteiger partial charge in [0.1, 0.15) is 16.7 Å². The van der Waals surface area contributed by atoms with Gasteiger partial charge in [0.25, 0.3) is 5.91 Å². The minimum absolute atomic E-state index is 0.116. The lowest BCUT2D eigenvalue weighted by molar-refractivity contribution is -0.115. The number of rotatable bonds is 5. The van der Waals surface area contributed by atoms with E-state index in [1.807, 2.05) is 0 Å². The lowest BCUT2D eigenvalue weighted by atomic mass is 10.1. The maximum absolute atomic E-state index is 11.7. The van der Waals surface area contributed by atoms with Crippen molar-refractivity contribution in [3.8, 4) is 5.75 Å². The Morgan fingerprint density at radius 2 is 2.17 bits per heavy atom. The van der Waals surface area contributed by atoms with Crippen LogP contribution in [0.2, 0.25) is 10.0 Å². The largest absolute Gasteiger partial charge is 0.484 e. The van der Waals surface area contributed by atoms with Crippen LogP contribution in [0, 0.1) is 0 Å². The summed E-state index contributed by atoms with van der Waals surface area (Å²) in [4.78, 5) is 22.8. The first-order valence-corrected chi connectivity index (χ1v) is 8.38. The second kappa shape index (κ2) is 7.97. The van der Waals surface area contributed by atoms with Crippen molar-refractivity contribution in [3.63, 3.8) is 0 Å². The number of carbonyl (C=O) groups excluding carboxylic acids is 2. The van der Waals surface area contributed by atoms with Crippen LogP contribution in [-0.2, 0) is 9.59 Å². The van der Waals surface area contributed by atoms with Crippen molar-refractivity contribution in [2.75, 3.05) is 6.61 Å². The molecular formula is C15H11Cl2NO3S2. The smallest absolute Gasteiger partial charge is 0.263 e. The number of carbonyl (C=O) groups is 2. The molecule has 4 nitrogen and oxygen atoms in total. The molecule has 1 heterocycles. The molecule has 0 unspecified atom stereocenters. The Labute approximate surface area is 152 Å². The van der Waals surface area contributed by atoms with E-state index in [0.29, 0.717) is 36.9 Å². The van der Waals surface area contributed by atoms with Gasteiger partial charge in [-0.2, -0.15) is 0 Å². The fourth-order valence-corrected chi connectivity index (χ4v) is 3.45. The number of halogens is 2. The summed E-state index contributed by atoms with van der Waals surface area (Å²) in [6.45, 7) is 1.68. The molecule has 0 aromatic heterocycles. The van der Waals surface area contributed by atoms with Crippen LogP contribution in [-0.4, -0.2) is 23.1 Å². The highest BCUT2D eigenvalue weighted by Gasteiger charge is 2.23. The van der Waals surface area contributed by atoms with Gasteiger partial charge in [-0.15, -0.1) is 0 Å². The molecule has 0 bridgehead atoms. The van der Waals surface area contributed by atoms with Crippen LogP contribution in [0.5, 0.6) is 5.75 Å². The molecule has 1 aromatic carbocycles. The van der Waals surface area contributed by atoms with Gasteiger partial charge in [-0.3, -0.25) is 9.59 Å². The van der Waals surface area contributed by atoms with Gasteiger partial charge < -0.3 is 10.1 Å². The quantitative estimate of drug-likeness (QED) is 0.469. The fraction of sp³-hybridized carbons (Fsp3) is 0.133. The molecule has 23 heavy (non-hydrogen) atoms. The molecule has 1 aliphatic rings. The van der Waals surface area contributed by atoms with Crippen molar-refractivity contribution in [2.24, 2.45) is 0 Å². The van der Waals surface area contributed by atoms with E-state index in [2.05, 4.69) is 5.32 Å². The summed E-state index contributed by atoms with van der Waals surface area (Å²) in [5.74, 6) is 0.139. The summed E-state index contributed by atoms with van der Waals surface area (Å²) in [6, 6.07) is 3.19. The molecule has 8 heteroatoms. The average molecular weight is 388 g/mol. The number of aldehydes is 1. The molecule has 0 aliphatic carbocycles. The average Bonchev–Trinajstić information content (AvgIpc) is 2.82. The van der Waals surface area contributed by atoms with Crippen molar-refractivity contribution in [2.45, 2.75) is 6.92 Å². The second-order valence-corrected chi connectivity index (χ2v) is 7.00. The normalized spacial score (nSPS) is 16.7. The predicted octanol–water partition coefficient (Wildman–Crippen LogP) is 4.01. The van der Waals surface area contributed by atoms with Gasteiger partial charge in [0, 0.05) is 10.6 Å². The number of nitrogens with one attached hydrogen (secondary N) is 1. The van der Waals surface area contributed by atoms with Gasteiger partial charge in [-0.1, -0.05) is 59.3 Å². The minimum atomic E-state index is -0.219. The SMILES string of the molecule is CC(C=Cc1cc(Cl)cc(Cl)c1OCC=O)=C1SC(=S)NC1=O. The topological polar surface area (TPSA) is 55.4 Å². The van der Waals surface area contributed by atoms with E-state index in [4.69, 9.17) is 40.2 Å². The number of thiocarbonyl (C=S) groups is 1. The van der Waals surface area contributed by atoms with Crippen LogP contribution >= 0.6 is 47.2 Å². The van der Waals surface area contributed by atoms with E-state index in [1.165, 1.54) is 17.8 Å². The molecule has 1 aromatic rings. The predicted molar refractivity (Wildman–Crippen MR) is 98.1 cm³/mol. The molecule has 1 fully saturated rings. The molecule has 2 rings (SSSR count). The third-order valence-electron chi connectivity index (χ3n) is 2.82. The van der Waals surface area contributed by atoms with Gasteiger partial charge in [0.05, 0.1) is 9.93 Å². The first-order chi connectivity index (χ1) is 10.9. The number of benzene rings is 1. The Morgan fingerprint density at radius 1 is 1.43 bits per heavy atom. The zero-order valence-electron chi connectivity index (χ0n) is 11.9. The van der Waals surface area contributed by atoms with Crippen molar-refractivity contribution in [3.05, 3.63) is 44.3 Å². The van der Waals surface area contributed by atoms with E-state index in [-0.39, 0.29) is 12.5 Å². The molecule has 0 atom stereocenters. The molecule has 1 amide bonds. The molecule has 1 aliphatic heterocycles. The van der Waals surface area contributed by atoms with Crippen molar-refractivity contribution in [1.82, 2.24) is 5.32 Å². The van der Waals surface area contributed by atoms with E-state index < -0.39 is 0 Å². The lowest BCUT2D eigenvalue weighted by Crippen LogP contribution is -2.18. The second-order valence-electron chi connectivity index (χ2n) is 4.47. The Bertz CT molecular complexity index is 744. The first kappa shape index (κ1) is 18.0. The molecule has 0 spiro atoms. The van der Waals surface area contributed by atoms with Crippen LogP contribution in [0.1, 0.15) is 12.5 Å². The van der Waals surface area contributed by atoms with E-state index >= 15 is 0 Å². The Morgan fingerprint density at radius 3 is 2.78 bits per heavy atom. The maximum atomic E-state index is 11.7. The molecule has 1 saturated heterocycles. The Hall–Kier alpha value is -1.34. The van der Waals surface area contributed by atoms with Crippen LogP contribution in [0.3, 0.4) is 0 Å². The van der Waals surface area contributed by atoms with Crippen LogP contribution in [0.15, 0.2) is 28.7 Å². The summed E-state index contributed by atoms with van der Waals surface area (Å²) in [5, 5.41) is 3.30. The van der Waals surface area contributed by atoms with Crippen LogP contribution in [0.25, 0.3) is 6.08 Å². The Balaban J connectivity index is 2.35. The molecule has 0 saturated carbocycles. The lowest BCUT2D eigenvalue weighted by Gasteiger charge is -2.09. The maximum Gasteiger partial charge on any atom is 0.263 e. The molecule has 0 radical (unpaired) electrons. The van der Waals surface area contributed by atoms with Gasteiger partial charge >= 0.3 is 0 Å². The summed E-state index contributed by atoms with van der Waals surface area (Å²) in [5.41, 5.74) is 1.35. The molecule has 1 N–H and O–H groups in total. The molecular weight excluding hydrogens is 377 g/mol. The highest BCUT2D eigenvalue weighted by Crippen LogP contribution is 2.34. The van der Waals surface area contributed by atoms with Crippen LogP contribution < -0.4 is 10.1 Å². The third-order valence-corrected chi connectivity index (χ3v) is 4.67. The minimum Gasteiger partial charge on any atom is -0.484 e. The molecule has 120 valence electrons. The number of hydrogen-bond acceptors (Lipinski definition) is 5. The Kier molecular flexibility index (Phi) is 6.24. The summed E-state index contributed by atoms with van der Waals surface area (Å²) < 4.78 is 5.77. The van der Waals surface area contributed by atoms with Crippen molar-refractivity contribution in [1.29, 1.82) is 0 Å². The zero-order chi connectivity index (χ0) is 17.0. The highest BCUT2D eigenvalue weighted by molar-refractivity contribution is 8.26. The fourth-order valence-electron chi connectivity index (χ4n) is 1.84. The van der Waals surface area contributed by atoms with E-state index in [0.717, 1.165) is 5.57 Å². The van der Waals surface area contributed by atoms with Gasteiger partial charge in [-0.25, -0.2) is 0 Å². The van der Waals surface area contributed by atoms with Gasteiger partial charge in [0.15, 0.2) is 6.29 Å². The summed E-state index contributed by atoms with van der Waals surface area (Å²) in [7, 11) is 0. The van der Waals surface area contributed by atoms with E-state index in [1.54, 1.807) is 25.1 Å². The highest BCUT2D eigenvalue weighted by atomic mass is 35.5. The number of hydrogen-bond donors (Lipinski definition) is 1. The number of thioether (sulfide) groups is 1. The van der Waals surface area contributed by atoms with Crippen molar-refractivity contribution < 1.29 is 14.3 Å². The number of amides is 1. The van der Waals surface area contributed by atoms with E-state index in [9.17, 15) is 9.59 Å². The third kappa shape index (κ3) is 4.57. The monoisotopic (exact) mass is 387 g/mol. The van der Waals surface area contributed by atoms with Crippen molar-refractivity contribution >= 4 is 69.8 Å². The summed E-state index contributed by atoms with van der Waals surface area (Å²) in [6.07, 6.45) is 4.09. The number of ether oxygens (including phenoxy) is 1. The first-order valence-electron chi connectivity index (χ1n) is 6.40. The van der Waals surface area contributed by atoms with Gasteiger partial charge in [-0.05, 0) is 24.6 Å².